The van der Waals surface area contributed by atoms with Gasteiger partial charge in [0.05, 0.1) is 25.4 Å². The van der Waals surface area contributed by atoms with Gasteiger partial charge in [-0.2, -0.15) is 0 Å². The molecule has 0 atom stereocenters. The van der Waals surface area contributed by atoms with Gasteiger partial charge in [-0.3, -0.25) is 19.5 Å². The lowest BCUT2D eigenvalue weighted by atomic mass is 9.96. The molecule has 0 radical (unpaired) electrons. The molecule has 134 valence electrons. The molecule has 0 saturated carbocycles. The number of piperazine rings is 1. The Bertz CT molecular complexity index is 699. The van der Waals surface area contributed by atoms with E-state index in [9.17, 15) is 9.59 Å². The van der Waals surface area contributed by atoms with Gasteiger partial charge in [0, 0.05) is 38.9 Å². The molecule has 1 fully saturated rings. The van der Waals surface area contributed by atoms with Crippen molar-refractivity contribution in [1.82, 2.24) is 14.8 Å². The van der Waals surface area contributed by atoms with Crippen molar-refractivity contribution >= 4 is 23.2 Å². The third kappa shape index (κ3) is 3.74. The topological polar surface area (TPSA) is 83.0 Å². The maximum Gasteiger partial charge on any atom is 0.225 e. The molecule has 25 heavy (non-hydrogen) atoms. The number of allylic oxidation sites excluding steroid dienone is 2. The first-order valence-electron chi connectivity index (χ1n) is 8.23. The molecule has 1 aliphatic carbocycles. The van der Waals surface area contributed by atoms with E-state index in [0.717, 1.165) is 19.6 Å². The average Bonchev–Trinajstić information content (AvgIpc) is 2.65. The Morgan fingerprint density at radius 3 is 2.64 bits per heavy atom. The van der Waals surface area contributed by atoms with Crippen molar-refractivity contribution in [3.05, 3.63) is 40.3 Å². The quantitative estimate of drug-likeness (QED) is 0.736. The van der Waals surface area contributed by atoms with Crippen molar-refractivity contribution in [2.24, 2.45) is 0 Å². The predicted molar refractivity (Wildman–Crippen MR) is 91.7 cm³/mol. The smallest absolute Gasteiger partial charge is 0.225 e. The first kappa shape index (κ1) is 18.0. The van der Waals surface area contributed by atoms with Gasteiger partial charge >= 0.3 is 0 Å². The van der Waals surface area contributed by atoms with Crippen LogP contribution in [-0.2, 0) is 4.74 Å². The van der Waals surface area contributed by atoms with Crippen LogP contribution in [0, 0.1) is 0 Å². The lowest BCUT2D eigenvalue weighted by molar-refractivity contribution is 0.0606. The number of pyridine rings is 1. The van der Waals surface area contributed by atoms with Gasteiger partial charge in [-0.05, 0) is 12.1 Å². The van der Waals surface area contributed by atoms with Gasteiger partial charge in [0.15, 0.2) is 0 Å². The largest absolute Gasteiger partial charge is 0.394 e. The molecule has 0 spiro atoms. The molecule has 0 unspecified atom stereocenters. The van der Waals surface area contributed by atoms with Crippen LogP contribution in [0.1, 0.15) is 20.8 Å². The number of carbonyl (C=O) groups is 2. The Labute approximate surface area is 150 Å². The number of rotatable bonds is 6. The number of halogens is 1. The molecule has 0 bridgehead atoms. The SMILES string of the molecule is O=C1C(N2CCN(CCOCCO)CC2)=C(Cl)C(=O)c2ncccc21. The van der Waals surface area contributed by atoms with Gasteiger partial charge in [0.25, 0.3) is 0 Å². The van der Waals surface area contributed by atoms with Crippen molar-refractivity contribution in [1.29, 1.82) is 0 Å². The van der Waals surface area contributed by atoms with Gasteiger partial charge < -0.3 is 14.7 Å². The molecular weight excluding hydrogens is 346 g/mol. The third-order valence-corrected chi connectivity index (χ3v) is 4.72. The zero-order valence-corrected chi connectivity index (χ0v) is 14.5. The minimum Gasteiger partial charge on any atom is -0.394 e. The van der Waals surface area contributed by atoms with Crippen molar-refractivity contribution in [2.75, 3.05) is 52.5 Å². The minimum absolute atomic E-state index is 0.0207. The lowest BCUT2D eigenvalue weighted by Gasteiger charge is -2.37. The molecule has 1 N–H and O–H groups in total. The highest BCUT2D eigenvalue weighted by Crippen LogP contribution is 2.29. The van der Waals surface area contributed by atoms with Crippen LogP contribution in [-0.4, -0.2) is 84.0 Å². The summed E-state index contributed by atoms with van der Waals surface area (Å²) in [5.74, 6) is -0.640. The zero-order valence-electron chi connectivity index (χ0n) is 13.8. The Kier molecular flexibility index (Phi) is 5.80. The molecular formula is C17H20ClN3O4. The first-order chi connectivity index (χ1) is 12.1. The monoisotopic (exact) mass is 365 g/mol. The van der Waals surface area contributed by atoms with Gasteiger partial charge in [0.1, 0.15) is 16.4 Å². The van der Waals surface area contributed by atoms with E-state index < -0.39 is 5.78 Å². The number of hydrogen-bond donors (Lipinski definition) is 1. The normalized spacial score (nSPS) is 18.7. The summed E-state index contributed by atoms with van der Waals surface area (Å²) in [5, 5.41) is 8.65. The third-order valence-electron chi connectivity index (χ3n) is 4.37. The number of ketones is 2. The van der Waals surface area contributed by atoms with Gasteiger partial charge in [-0.1, -0.05) is 11.6 Å². The fraction of sp³-hybridized carbons (Fsp3) is 0.471. The van der Waals surface area contributed by atoms with Gasteiger partial charge in [0.2, 0.25) is 11.6 Å². The summed E-state index contributed by atoms with van der Waals surface area (Å²) in [4.78, 5) is 33.3. The van der Waals surface area contributed by atoms with E-state index in [1.54, 1.807) is 12.1 Å². The van der Waals surface area contributed by atoms with Crippen LogP contribution in [0.4, 0.5) is 0 Å². The number of carbonyl (C=O) groups excluding carboxylic acids is 2. The number of fused-ring (bicyclic) bond motifs is 1. The number of aliphatic hydroxyl groups is 1. The summed E-state index contributed by atoms with van der Waals surface area (Å²) in [5.41, 5.74) is 0.719. The Morgan fingerprint density at radius 1 is 1.16 bits per heavy atom. The van der Waals surface area contributed by atoms with Crippen molar-refractivity contribution in [2.45, 2.75) is 0 Å². The molecule has 7 nitrogen and oxygen atoms in total. The Morgan fingerprint density at radius 2 is 1.92 bits per heavy atom. The molecule has 8 heteroatoms. The summed E-state index contributed by atoms with van der Waals surface area (Å²) in [6.45, 7) is 4.40. The number of hydrogen-bond acceptors (Lipinski definition) is 7. The van der Waals surface area contributed by atoms with Gasteiger partial charge in [-0.25, -0.2) is 0 Å². The van der Waals surface area contributed by atoms with E-state index in [1.807, 2.05) is 4.90 Å². The number of nitrogens with zero attached hydrogens (tertiary/aromatic N) is 3. The molecule has 1 aliphatic heterocycles. The maximum atomic E-state index is 12.8. The predicted octanol–water partition coefficient (Wildman–Crippen LogP) is 0.537. The summed E-state index contributed by atoms with van der Waals surface area (Å²) in [6, 6.07) is 3.26. The molecule has 1 aromatic heterocycles. The van der Waals surface area contributed by atoms with Crippen LogP contribution >= 0.6 is 11.6 Å². The van der Waals surface area contributed by atoms with Crippen LogP contribution in [0.15, 0.2) is 29.1 Å². The van der Waals surface area contributed by atoms with Crippen LogP contribution in [0.25, 0.3) is 0 Å². The standard InChI is InChI=1S/C17H20ClN3O4/c18-13-15(16(23)12-2-1-3-19-14(12)17(13)24)21-6-4-20(5-7-21)8-10-25-11-9-22/h1-3,22H,4-11H2. The van der Waals surface area contributed by atoms with Crippen LogP contribution in [0.3, 0.4) is 0 Å². The second kappa shape index (κ2) is 8.05. The van der Waals surface area contributed by atoms with E-state index >= 15 is 0 Å². The molecule has 2 heterocycles. The van der Waals surface area contributed by atoms with E-state index in [1.165, 1.54) is 6.20 Å². The van der Waals surface area contributed by atoms with E-state index in [4.69, 9.17) is 21.4 Å². The van der Waals surface area contributed by atoms with Crippen molar-refractivity contribution in [3.8, 4) is 0 Å². The summed E-state index contributed by atoms with van der Waals surface area (Å²) in [6.07, 6.45) is 1.48. The first-order valence-corrected chi connectivity index (χ1v) is 8.61. The average molecular weight is 366 g/mol. The van der Waals surface area contributed by atoms with E-state index in [2.05, 4.69) is 9.88 Å². The summed E-state index contributed by atoms with van der Waals surface area (Å²) < 4.78 is 5.27. The van der Waals surface area contributed by atoms with E-state index in [0.29, 0.717) is 31.9 Å². The fourth-order valence-corrected chi connectivity index (χ4v) is 3.34. The van der Waals surface area contributed by atoms with Crippen LogP contribution in [0.5, 0.6) is 0 Å². The second-order valence-corrected chi connectivity index (χ2v) is 6.26. The molecule has 0 aromatic carbocycles. The molecule has 1 saturated heterocycles. The van der Waals surface area contributed by atoms with Crippen LogP contribution < -0.4 is 0 Å². The summed E-state index contributed by atoms with van der Waals surface area (Å²) >= 11 is 6.21. The summed E-state index contributed by atoms with van der Waals surface area (Å²) in [7, 11) is 0. The maximum absolute atomic E-state index is 12.8. The Balaban J connectivity index is 1.66. The number of aromatic nitrogens is 1. The molecule has 0 amide bonds. The molecule has 3 rings (SSSR count). The minimum atomic E-state index is -0.397. The number of Topliss-reactive ketones (excluding diaryl/α,β-unsaturated/α-hetero) is 2. The second-order valence-electron chi connectivity index (χ2n) is 5.89. The van der Waals surface area contributed by atoms with Gasteiger partial charge in [-0.15, -0.1) is 0 Å². The highest BCUT2D eigenvalue weighted by molar-refractivity contribution is 6.49. The number of aliphatic hydroxyl groups excluding tert-OH is 1. The molecule has 1 aromatic rings. The highest BCUT2D eigenvalue weighted by Gasteiger charge is 2.36. The lowest BCUT2D eigenvalue weighted by Crippen LogP contribution is -2.48. The molecule has 2 aliphatic rings. The van der Waals surface area contributed by atoms with Crippen LogP contribution in [0.2, 0.25) is 0 Å². The highest BCUT2D eigenvalue weighted by atomic mass is 35.5. The van der Waals surface area contributed by atoms with Crippen molar-refractivity contribution < 1.29 is 19.4 Å². The Hall–Kier alpha value is -1.80. The van der Waals surface area contributed by atoms with Crippen molar-refractivity contribution in [3.63, 3.8) is 0 Å². The zero-order chi connectivity index (χ0) is 17.8. The van der Waals surface area contributed by atoms with E-state index in [-0.39, 0.29) is 28.8 Å². The fourth-order valence-electron chi connectivity index (χ4n) is 3.05. The number of ether oxygens (including phenoxy) is 1.